The summed E-state index contributed by atoms with van der Waals surface area (Å²) < 4.78 is 23.6. The van der Waals surface area contributed by atoms with Gasteiger partial charge in [0.1, 0.15) is 0 Å². The third-order valence-electron chi connectivity index (χ3n) is 5.28. The molecule has 6 nitrogen and oxygen atoms in total. The largest absolute Gasteiger partial charge is 0.361 e. The Kier molecular flexibility index (Phi) is 8.34. The number of fused-ring (bicyclic) bond motifs is 1. The summed E-state index contributed by atoms with van der Waals surface area (Å²) in [7, 11) is -3.37. The van der Waals surface area contributed by atoms with Crippen LogP contribution in [0.4, 0.5) is 5.69 Å². The Morgan fingerprint density at radius 3 is 2.38 bits per heavy atom. The van der Waals surface area contributed by atoms with Crippen molar-refractivity contribution in [2.45, 2.75) is 45.3 Å². The molecule has 1 aliphatic rings. The fraction of sp³-hybridized carbons (Fsp3) is 0.417. The fourth-order valence-corrected chi connectivity index (χ4v) is 6.35. The van der Waals surface area contributed by atoms with E-state index in [0.29, 0.717) is 17.4 Å². The lowest BCUT2D eigenvalue weighted by molar-refractivity contribution is -0.115. The third kappa shape index (κ3) is 5.52. The van der Waals surface area contributed by atoms with Gasteiger partial charge in [0.15, 0.2) is 5.78 Å². The van der Waals surface area contributed by atoms with E-state index in [4.69, 9.17) is 9.05 Å². The molecular formula is C24H30NO5PS. The number of thioether (sulfide) groups is 1. The zero-order valence-electron chi connectivity index (χ0n) is 18.9. The van der Waals surface area contributed by atoms with Crippen LogP contribution in [0.25, 0.3) is 0 Å². The molecule has 0 saturated heterocycles. The summed E-state index contributed by atoms with van der Waals surface area (Å²) in [5, 5.41) is 3.01. The van der Waals surface area contributed by atoms with Crippen molar-refractivity contribution in [3.63, 3.8) is 0 Å². The van der Waals surface area contributed by atoms with Crippen molar-refractivity contribution in [1.82, 2.24) is 0 Å². The molecule has 3 rings (SSSR count). The first kappa shape index (κ1) is 24.7. The molecule has 0 fully saturated rings. The highest BCUT2D eigenvalue weighted by atomic mass is 32.2. The molecule has 1 N–H and O–H groups in total. The van der Waals surface area contributed by atoms with Crippen molar-refractivity contribution < 1.29 is 23.2 Å². The van der Waals surface area contributed by atoms with Gasteiger partial charge in [0.2, 0.25) is 5.91 Å². The molecule has 0 aromatic heterocycles. The van der Waals surface area contributed by atoms with Crippen LogP contribution in [0, 0.1) is 0 Å². The molecule has 0 radical (unpaired) electrons. The molecule has 8 heteroatoms. The summed E-state index contributed by atoms with van der Waals surface area (Å²) in [5.74, 6) is 0.454. The Hall–Kier alpha value is -1.92. The summed E-state index contributed by atoms with van der Waals surface area (Å²) >= 11 is 1.37. The molecule has 0 saturated carbocycles. The Labute approximate surface area is 194 Å². The minimum Gasteiger partial charge on any atom is -0.325 e. The van der Waals surface area contributed by atoms with Crippen LogP contribution >= 0.6 is 19.4 Å². The second-order valence-electron chi connectivity index (χ2n) is 7.82. The highest BCUT2D eigenvalue weighted by Crippen LogP contribution is 2.46. The molecule has 2 aromatic rings. The van der Waals surface area contributed by atoms with Crippen molar-refractivity contribution in [1.29, 1.82) is 0 Å². The Bertz CT molecular complexity index is 1010. The molecule has 1 amide bonds. The monoisotopic (exact) mass is 475 g/mol. The van der Waals surface area contributed by atoms with Crippen molar-refractivity contribution in [3.8, 4) is 0 Å². The first-order valence-corrected chi connectivity index (χ1v) is 13.4. The van der Waals surface area contributed by atoms with E-state index in [1.54, 1.807) is 38.1 Å². The maximum absolute atomic E-state index is 13.1. The van der Waals surface area contributed by atoms with E-state index in [-0.39, 0.29) is 41.8 Å². The van der Waals surface area contributed by atoms with Gasteiger partial charge in [0.05, 0.1) is 29.5 Å². The Balaban J connectivity index is 1.78. The number of rotatable bonds is 8. The average molecular weight is 476 g/mol. The van der Waals surface area contributed by atoms with Gasteiger partial charge in [0, 0.05) is 11.3 Å². The SMILES string of the molecule is CCOP(=O)(OCC)c1ccc(NC(=O)C2Cc3c(cccc3C(C)C)C(=O)CS2)cc1. The quantitative estimate of drug-likeness (QED) is 0.530. The van der Waals surface area contributed by atoms with Crippen LogP contribution in [0.15, 0.2) is 42.5 Å². The maximum Gasteiger partial charge on any atom is 0.361 e. The van der Waals surface area contributed by atoms with E-state index in [1.807, 2.05) is 18.2 Å². The van der Waals surface area contributed by atoms with Gasteiger partial charge in [-0.15, -0.1) is 11.8 Å². The lowest BCUT2D eigenvalue weighted by Gasteiger charge is -2.19. The van der Waals surface area contributed by atoms with Crippen molar-refractivity contribution in [3.05, 3.63) is 59.2 Å². The van der Waals surface area contributed by atoms with E-state index >= 15 is 0 Å². The summed E-state index contributed by atoms with van der Waals surface area (Å²) in [5.41, 5.74) is 3.41. The minimum absolute atomic E-state index is 0.0646. The zero-order valence-corrected chi connectivity index (χ0v) is 20.6. The molecule has 0 bridgehead atoms. The van der Waals surface area contributed by atoms with E-state index in [9.17, 15) is 14.2 Å². The number of ketones is 1. The molecule has 0 spiro atoms. The molecule has 1 unspecified atom stereocenters. The van der Waals surface area contributed by atoms with Crippen molar-refractivity contribution in [2.24, 2.45) is 0 Å². The summed E-state index contributed by atoms with van der Waals surface area (Å²) in [6, 6.07) is 12.5. The second kappa shape index (κ2) is 10.8. The number of nitrogens with one attached hydrogen (secondary N) is 1. The minimum atomic E-state index is -3.37. The van der Waals surface area contributed by atoms with Gasteiger partial charge in [-0.2, -0.15) is 0 Å². The molecule has 172 valence electrons. The van der Waals surface area contributed by atoms with Gasteiger partial charge in [-0.3, -0.25) is 14.2 Å². The van der Waals surface area contributed by atoms with Crippen LogP contribution in [-0.4, -0.2) is 35.9 Å². The van der Waals surface area contributed by atoms with E-state index < -0.39 is 7.60 Å². The van der Waals surface area contributed by atoms with Gasteiger partial charge in [-0.25, -0.2) is 0 Å². The zero-order chi connectivity index (χ0) is 23.3. The van der Waals surface area contributed by atoms with Crippen LogP contribution < -0.4 is 10.6 Å². The van der Waals surface area contributed by atoms with Crippen LogP contribution in [0.2, 0.25) is 0 Å². The van der Waals surface area contributed by atoms with Crippen LogP contribution in [0.5, 0.6) is 0 Å². The van der Waals surface area contributed by atoms with Gasteiger partial charge < -0.3 is 14.4 Å². The molecule has 32 heavy (non-hydrogen) atoms. The van der Waals surface area contributed by atoms with Gasteiger partial charge >= 0.3 is 7.60 Å². The second-order valence-corrected chi connectivity index (χ2v) is 11.0. The molecule has 2 aromatic carbocycles. The number of anilines is 1. The molecular weight excluding hydrogens is 445 g/mol. The Morgan fingerprint density at radius 2 is 1.78 bits per heavy atom. The van der Waals surface area contributed by atoms with Crippen molar-refractivity contribution >= 4 is 42.0 Å². The van der Waals surface area contributed by atoms with Crippen LogP contribution in [0.1, 0.15) is 55.1 Å². The first-order valence-electron chi connectivity index (χ1n) is 10.9. The molecule has 0 aliphatic carbocycles. The number of amides is 1. The van der Waals surface area contributed by atoms with E-state index in [0.717, 1.165) is 16.7 Å². The highest BCUT2D eigenvalue weighted by Gasteiger charge is 2.30. The number of carbonyl (C=O) groups excluding carboxylic acids is 2. The number of hydrogen-bond donors (Lipinski definition) is 1. The lowest BCUT2D eigenvalue weighted by atomic mass is 9.89. The number of carbonyl (C=O) groups is 2. The van der Waals surface area contributed by atoms with E-state index in [1.165, 1.54) is 11.8 Å². The normalized spacial score (nSPS) is 16.5. The molecule has 1 heterocycles. The van der Waals surface area contributed by atoms with E-state index in [2.05, 4.69) is 19.2 Å². The predicted molar refractivity (Wildman–Crippen MR) is 130 cm³/mol. The van der Waals surface area contributed by atoms with Gasteiger partial charge in [-0.05, 0) is 61.6 Å². The van der Waals surface area contributed by atoms with Crippen LogP contribution in [0.3, 0.4) is 0 Å². The Morgan fingerprint density at radius 1 is 1.12 bits per heavy atom. The molecule has 1 aliphatic heterocycles. The molecule has 1 atom stereocenters. The van der Waals surface area contributed by atoms with Gasteiger partial charge in [0.25, 0.3) is 0 Å². The maximum atomic E-state index is 13.1. The van der Waals surface area contributed by atoms with Crippen LogP contribution in [-0.2, 0) is 24.8 Å². The summed E-state index contributed by atoms with van der Waals surface area (Å²) in [6.45, 7) is 8.26. The predicted octanol–water partition coefficient (Wildman–Crippen LogP) is 5.18. The van der Waals surface area contributed by atoms with Gasteiger partial charge in [-0.1, -0.05) is 32.0 Å². The topological polar surface area (TPSA) is 81.7 Å². The average Bonchev–Trinajstić information content (AvgIpc) is 2.93. The standard InChI is InChI=1S/C24H30NO5PS/c1-5-29-31(28,30-6-2)18-12-10-17(11-13-18)25-24(27)23-14-21-19(16(3)4)8-7-9-20(21)22(26)15-32-23/h7-13,16,23H,5-6,14-15H2,1-4H3,(H,25,27). The smallest absolute Gasteiger partial charge is 0.325 e. The lowest BCUT2D eigenvalue weighted by Crippen LogP contribution is -2.27. The summed E-state index contributed by atoms with van der Waals surface area (Å²) in [4.78, 5) is 25.7. The highest BCUT2D eigenvalue weighted by molar-refractivity contribution is 8.01. The third-order valence-corrected chi connectivity index (χ3v) is 8.62. The number of hydrogen-bond acceptors (Lipinski definition) is 6. The first-order chi connectivity index (χ1) is 15.3. The fourth-order valence-electron chi connectivity index (χ4n) is 3.78. The number of benzene rings is 2. The number of Topliss-reactive ketones (excluding diaryl/α,β-unsaturated/α-hetero) is 1. The van der Waals surface area contributed by atoms with Crippen molar-refractivity contribution in [2.75, 3.05) is 24.3 Å². The summed E-state index contributed by atoms with van der Waals surface area (Å²) in [6.07, 6.45) is 0.508.